The Hall–Kier alpha value is -4.38. The van der Waals surface area contributed by atoms with Gasteiger partial charge in [-0.2, -0.15) is 15.3 Å². The number of amidine groups is 1. The van der Waals surface area contributed by atoms with Crippen molar-refractivity contribution >= 4 is 22.9 Å². The maximum absolute atomic E-state index is 13.3. The lowest BCUT2D eigenvalue weighted by molar-refractivity contribution is 0.102. The van der Waals surface area contributed by atoms with Crippen LogP contribution in [0.4, 0.5) is 5.69 Å². The van der Waals surface area contributed by atoms with Crippen LogP contribution in [0.15, 0.2) is 64.4 Å². The fourth-order valence-electron chi connectivity index (χ4n) is 3.90. The Morgan fingerprint density at radius 1 is 1.27 bits per heavy atom. The summed E-state index contributed by atoms with van der Waals surface area (Å²) < 4.78 is 3.41. The first-order valence-electron chi connectivity index (χ1n) is 12.1. The lowest BCUT2D eigenvalue weighted by atomic mass is 10.1. The molecular weight excluding hydrogens is 470 g/mol. The smallest absolute Gasteiger partial charge is 0.259 e. The molecule has 4 N–H and O–H groups in total. The van der Waals surface area contributed by atoms with E-state index in [1.54, 1.807) is 21.5 Å². The van der Waals surface area contributed by atoms with Gasteiger partial charge in [0.15, 0.2) is 5.84 Å². The summed E-state index contributed by atoms with van der Waals surface area (Å²) in [7, 11) is 0. The van der Waals surface area contributed by atoms with Crippen molar-refractivity contribution in [1.29, 1.82) is 0 Å². The zero-order chi connectivity index (χ0) is 26.1. The minimum Gasteiger partial charge on any atom is -0.394 e. The molecule has 37 heavy (non-hydrogen) atoms. The van der Waals surface area contributed by atoms with Crippen LogP contribution in [0.5, 0.6) is 0 Å². The van der Waals surface area contributed by atoms with Crippen molar-refractivity contribution in [2.75, 3.05) is 11.9 Å². The number of aliphatic hydroxyl groups excluding tert-OH is 1. The SMILES string of the molecule is Cc1ccc(/C(N)=N/N=NC2CC2)cc1NC(=O)c1cnn2ccc(-c3cn(C(C)CO)nc3C)cc12. The molecule has 1 fully saturated rings. The van der Waals surface area contributed by atoms with Crippen molar-refractivity contribution in [2.24, 2.45) is 21.2 Å². The highest BCUT2D eigenvalue weighted by molar-refractivity contribution is 6.10. The molecule has 0 spiro atoms. The minimum absolute atomic E-state index is 0.00474. The number of benzene rings is 1. The maximum atomic E-state index is 13.3. The van der Waals surface area contributed by atoms with Gasteiger partial charge in [-0.3, -0.25) is 9.48 Å². The number of aromatic nitrogens is 4. The van der Waals surface area contributed by atoms with Crippen LogP contribution in [-0.4, -0.2) is 48.9 Å². The van der Waals surface area contributed by atoms with Gasteiger partial charge in [0.1, 0.15) is 0 Å². The monoisotopic (exact) mass is 499 g/mol. The number of rotatable bonds is 8. The van der Waals surface area contributed by atoms with Gasteiger partial charge in [0.05, 0.1) is 41.7 Å². The molecule has 0 bridgehead atoms. The van der Waals surface area contributed by atoms with E-state index in [0.29, 0.717) is 22.3 Å². The number of aryl methyl sites for hydroxylation is 2. The zero-order valence-electron chi connectivity index (χ0n) is 21.0. The summed E-state index contributed by atoms with van der Waals surface area (Å²) in [6.45, 7) is 5.71. The van der Waals surface area contributed by atoms with Crippen LogP contribution in [0.25, 0.3) is 16.6 Å². The largest absolute Gasteiger partial charge is 0.394 e. The summed E-state index contributed by atoms with van der Waals surface area (Å²) in [5, 5.41) is 33.2. The van der Waals surface area contributed by atoms with E-state index in [9.17, 15) is 9.90 Å². The van der Waals surface area contributed by atoms with E-state index in [1.807, 2.05) is 57.4 Å². The van der Waals surface area contributed by atoms with Crippen LogP contribution >= 0.6 is 0 Å². The van der Waals surface area contributed by atoms with Crippen LogP contribution in [0.2, 0.25) is 0 Å². The minimum atomic E-state index is -0.294. The van der Waals surface area contributed by atoms with Gasteiger partial charge in [-0.15, -0.1) is 5.10 Å². The number of nitrogens with two attached hydrogens (primary N) is 1. The van der Waals surface area contributed by atoms with Crippen LogP contribution in [0, 0.1) is 13.8 Å². The molecule has 3 aromatic heterocycles. The van der Waals surface area contributed by atoms with Gasteiger partial charge in [-0.05, 0) is 68.2 Å². The number of hydrogen-bond acceptors (Lipinski definition) is 6. The molecular formula is C26H29N9O2. The Bertz CT molecular complexity index is 1530. The highest BCUT2D eigenvalue weighted by Crippen LogP contribution is 2.27. The van der Waals surface area contributed by atoms with E-state index < -0.39 is 0 Å². The van der Waals surface area contributed by atoms with Gasteiger partial charge in [0, 0.05) is 29.2 Å². The molecule has 3 heterocycles. The number of amides is 1. The normalized spacial score (nSPS) is 15.0. The van der Waals surface area contributed by atoms with E-state index in [2.05, 4.69) is 31.0 Å². The summed E-state index contributed by atoms with van der Waals surface area (Å²) >= 11 is 0. The molecule has 4 aromatic rings. The average Bonchev–Trinajstić information content (AvgIpc) is 3.48. The highest BCUT2D eigenvalue weighted by Gasteiger charge is 2.20. The van der Waals surface area contributed by atoms with Crippen molar-refractivity contribution in [3.8, 4) is 11.1 Å². The molecule has 1 aliphatic carbocycles. The van der Waals surface area contributed by atoms with Gasteiger partial charge < -0.3 is 16.2 Å². The van der Waals surface area contributed by atoms with Gasteiger partial charge in [0.25, 0.3) is 5.91 Å². The Labute approximate surface area is 213 Å². The number of carbonyl (C=O) groups excluding carboxylic acids is 1. The lowest BCUT2D eigenvalue weighted by Gasteiger charge is -2.10. The van der Waals surface area contributed by atoms with E-state index in [-0.39, 0.29) is 30.4 Å². The molecule has 11 heteroatoms. The first kappa shape index (κ1) is 24.3. The first-order chi connectivity index (χ1) is 17.8. The van der Waals surface area contributed by atoms with Gasteiger partial charge in [-0.25, -0.2) is 4.52 Å². The summed E-state index contributed by atoms with van der Waals surface area (Å²) in [5.74, 6) is -0.0652. The zero-order valence-corrected chi connectivity index (χ0v) is 21.0. The van der Waals surface area contributed by atoms with Crippen molar-refractivity contribution < 1.29 is 9.90 Å². The number of carbonyl (C=O) groups is 1. The number of anilines is 1. The number of pyridine rings is 1. The third kappa shape index (κ3) is 5.12. The molecule has 5 rings (SSSR count). The quantitative estimate of drug-likeness (QED) is 0.146. The summed E-state index contributed by atoms with van der Waals surface area (Å²) in [6.07, 6.45) is 7.34. The molecule has 0 aliphatic heterocycles. The molecule has 1 aliphatic rings. The van der Waals surface area contributed by atoms with Gasteiger partial charge >= 0.3 is 0 Å². The Morgan fingerprint density at radius 2 is 2.08 bits per heavy atom. The van der Waals surface area contributed by atoms with Gasteiger partial charge in [0.2, 0.25) is 0 Å². The third-order valence-electron chi connectivity index (χ3n) is 6.41. The van der Waals surface area contributed by atoms with Crippen molar-refractivity contribution in [3.05, 3.63) is 71.3 Å². The molecule has 0 radical (unpaired) electrons. The summed E-state index contributed by atoms with van der Waals surface area (Å²) in [5.41, 5.74) is 12.0. The second-order valence-electron chi connectivity index (χ2n) is 9.35. The molecule has 1 saturated carbocycles. The Balaban J connectivity index is 1.41. The molecule has 190 valence electrons. The van der Waals surface area contributed by atoms with E-state index in [4.69, 9.17) is 5.73 Å². The Morgan fingerprint density at radius 3 is 2.84 bits per heavy atom. The molecule has 1 unspecified atom stereocenters. The number of aliphatic hydroxyl groups is 1. The highest BCUT2D eigenvalue weighted by atomic mass is 16.3. The molecule has 1 aromatic carbocycles. The van der Waals surface area contributed by atoms with Crippen LogP contribution in [0.3, 0.4) is 0 Å². The first-order valence-corrected chi connectivity index (χ1v) is 12.1. The fraction of sp³-hybridized carbons (Fsp3) is 0.308. The van der Waals surface area contributed by atoms with Crippen LogP contribution in [0.1, 0.15) is 53.0 Å². The number of nitrogens with zero attached hydrogens (tertiary/aromatic N) is 7. The van der Waals surface area contributed by atoms with Crippen LogP contribution in [-0.2, 0) is 0 Å². The van der Waals surface area contributed by atoms with Crippen molar-refractivity contribution in [1.82, 2.24) is 19.4 Å². The molecule has 11 nitrogen and oxygen atoms in total. The summed E-state index contributed by atoms with van der Waals surface area (Å²) in [6, 6.07) is 9.45. The number of hydrogen-bond donors (Lipinski definition) is 3. The summed E-state index contributed by atoms with van der Waals surface area (Å²) in [4.78, 5) is 13.3. The van der Waals surface area contributed by atoms with Crippen molar-refractivity contribution in [2.45, 2.75) is 45.7 Å². The topological polar surface area (TPSA) is 148 Å². The fourth-order valence-corrected chi connectivity index (χ4v) is 3.90. The predicted molar refractivity (Wildman–Crippen MR) is 141 cm³/mol. The van der Waals surface area contributed by atoms with Crippen molar-refractivity contribution in [3.63, 3.8) is 0 Å². The van der Waals surface area contributed by atoms with Gasteiger partial charge in [-0.1, -0.05) is 12.1 Å². The Kier molecular flexibility index (Phi) is 6.53. The van der Waals surface area contributed by atoms with Crippen LogP contribution < -0.4 is 11.1 Å². The second-order valence-corrected chi connectivity index (χ2v) is 9.35. The van der Waals surface area contributed by atoms with E-state index in [0.717, 1.165) is 35.2 Å². The maximum Gasteiger partial charge on any atom is 0.259 e. The standard InChI is InChI=1S/C26H29N9O2/c1-15-4-5-19(25(27)31-33-30-20-6-7-20)10-23(15)29-26(37)21-12-28-34-9-8-18(11-24(21)34)22-13-35(16(2)14-36)32-17(22)3/h4-5,8-13,16,20,36H,6-7,14H2,1-3H3,(H,29,37)(H2,27,30,31). The third-order valence-corrected chi connectivity index (χ3v) is 6.41. The van der Waals surface area contributed by atoms with E-state index >= 15 is 0 Å². The average molecular weight is 500 g/mol. The number of nitrogens with one attached hydrogen (secondary N) is 1. The second kappa shape index (κ2) is 9.94. The molecule has 0 saturated heterocycles. The number of fused-ring (bicyclic) bond motifs is 1. The lowest BCUT2D eigenvalue weighted by Crippen LogP contribution is -2.16. The van der Waals surface area contributed by atoms with E-state index in [1.165, 1.54) is 0 Å². The molecule has 1 atom stereocenters. The predicted octanol–water partition coefficient (Wildman–Crippen LogP) is 3.86. The molecule has 1 amide bonds.